The summed E-state index contributed by atoms with van der Waals surface area (Å²) >= 11 is 12.7. The standard InChI is InChI=1S/C25H26Cl2N2O/c1-17-15-21(18-9-11-19(26)12-10-18)24(20-7-3-4-8-22(20)27)29-30-25(16-23(17)28)13-5-2-6-14-25/h3-4,7-12,15,23H,1-2,5-6,13-14,16,28H2/b21-15-,29-24-. The first-order valence-corrected chi connectivity index (χ1v) is 11.2. The van der Waals surface area contributed by atoms with Gasteiger partial charge in [0.25, 0.3) is 0 Å². The molecule has 2 aromatic rings. The molecule has 156 valence electrons. The zero-order valence-electron chi connectivity index (χ0n) is 16.9. The van der Waals surface area contributed by atoms with Gasteiger partial charge in [-0.15, -0.1) is 0 Å². The Hall–Kier alpha value is -2.07. The van der Waals surface area contributed by atoms with Gasteiger partial charge in [-0.05, 0) is 61.1 Å². The van der Waals surface area contributed by atoms with E-state index in [0.717, 1.165) is 48.0 Å². The molecular weight excluding hydrogens is 415 g/mol. The van der Waals surface area contributed by atoms with Crippen LogP contribution in [0.3, 0.4) is 0 Å². The van der Waals surface area contributed by atoms with Gasteiger partial charge < -0.3 is 10.6 Å². The fraction of sp³-hybridized carbons (Fsp3) is 0.320. The third-order valence-electron chi connectivity index (χ3n) is 6.03. The first kappa shape index (κ1) is 21.2. The molecule has 30 heavy (non-hydrogen) atoms. The van der Waals surface area contributed by atoms with E-state index in [-0.39, 0.29) is 11.6 Å². The van der Waals surface area contributed by atoms with E-state index in [1.54, 1.807) is 0 Å². The van der Waals surface area contributed by atoms with Gasteiger partial charge in [-0.25, -0.2) is 0 Å². The van der Waals surface area contributed by atoms with E-state index in [1.165, 1.54) is 6.42 Å². The van der Waals surface area contributed by atoms with E-state index in [0.29, 0.717) is 22.2 Å². The van der Waals surface area contributed by atoms with Gasteiger partial charge in [0.15, 0.2) is 0 Å². The first-order valence-electron chi connectivity index (χ1n) is 10.4. The third-order valence-corrected chi connectivity index (χ3v) is 6.61. The van der Waals surface area contributed by atoms with Crippen molar-refractivity contribution in [3.05, 3.63) is 87.9 Å². The van der Waals surface area contributed by atoms with Crippen molar-refractivity contribution in [1.29, 1.82) is 0 Å². The second-order valence-electron chi connectivity index (χ2n) is 8.21. The van der Waals surface area contributed by atoms with Gasteiger partial charge in [-0.2, -0.15) is 0 Å². The van der Waals surface area contributed by atoms with Crippen LogP contribution in [-0.4, -0.2) is 17.4 Å². The number of rotatable bonds is 2. The van der Waals surface area contributed by atoms with Crippen LogP contribution in [0.25, 0.3) is 5.57 Å². The number of halogens is 2. The molecule has 1 saturated carbocycles. The number of hydrogen-bond donors (Lipinski definition) is 1. The maximum Gasteiger partial charge on any atom is 0.139 e. The van der Waals surface area contributed by atoms with E-state index >= 15 is 0 Å². The molecule has 0 bridgehead atoms. The number of allylic oxidation sites excluding steroid dienone is 1. The summed E-state index contributed by atoms with van der Waals surface area (Å²) in [5.41, 5.74) is 10.4. The summed E-state index contributed by atoms with van der Waals surface area (Å²) < 4.78 is 0. The zero-order valence-corrected chi connectivity index (χ0v) is 18.4. The Bertz CT molecular complexity index is 988. The van der Waals surface area contributed by atoms with Gasteiger partial charge in [0.1, 0.15) is 11.3 Å². The molecule has 1 spiro atoms. The average molecular weight is 441 g/mol. The van der Waals surface area contributed by atoms with E-state index in [1.807, 2.05) is 54.6 Å². The molecule has 2 aromatic carbocycles. The Morgan fingerprint density at radius 3 is 2.40 bits per heavy atom. The Morgan fingerprint density at radius 2 is 1.70 bits per heavy atom. The van der Waals surface area contributed by atoms with Crippen LogP contribution in [0.4, 0.5) is 0 Å². The zero-order chi connectivity index (χ0) is 21.1. The molecule has 1 aliphatic carbocycles. The summed E-state index contributed by atoms with van der Waals surface area (Å²) in [6, 6.07) is 15.1. The summed E-state index contributed by atoms with van der Waals surface area (Å²) in [6.07, 6.45) is 8.07. The molecule has 3 nitrogen and oxygen atoms in total. The lowest BCUT2D eigenvalue weighted by Crippen LogP contribution is -2.40. The van der Waals surface area contributed by atoms with E-state index in [4.69, 9.17) is 38.9 Å². The molecule has 1 heterocycles. The third kappa shape index (κ3) is 4.49. The highest BCUT2D eigenvalue weighted by molar-refractivity contribution is 6.40. The lowest BCUT2D eigenvalue weighted by atomic mass is 9.79. The molecule has 0 aromatic heterocycles. The smallest absolute Gasteiger partial charge is 0.139 e. The second-order valence-corrected chi connectivity index (χ2v) is 9.05. The van der Waals surface area contributed by atoms with Gasteiger partial charge in [-0.3, -0.25) is 0 Å². The molecule has 4 rings (SSSR count). The fourth-order valence-corrected chi connectivity index (χ4v) is 4.66. The Kier molecular flexibility index (Phi) is 6.33. The van der Waals surface area contributed by atoms with Crippen LogP contribution in [0, 0.1) is 0 Å². The van der Waals surface area contributed by atoms with Crippen LogP contribution >= 0.6 is 23.2 Å². The first-order chi connectivity index (χ1) is 14.5. The number of nitrogens with two attached hydrogens (primary N) is 1. The number of oxime groups is 1. The lowest BCUT2D eigenvalue weighted by molar-refractivity contribution is -0.0756. The van der Waals surface area contributed by atoms with Crippen LogP contribution in [0.2, 0.25) is 10.0 Å². The molecule has 2 aliphatic rings. The van der Waals surface area contributed by atoms with Crippen LogP contribution in [0.1, 0.15) is 49.7 Å². The highest BCUT2D eigenvalue weighted by atomic mass is 35.5. The number of benzene rings is 2. The van der Waals surface area contributed by atoms with E-state index in [2.05, 4.69) is 6.58 Å². The number of hydrogen-bond acceptors (Lipinski definition) is 3. The van der Waals surface area contributed by atoms with Gasteiger partial charge in [-0.1, -0.05) is 71.7 Å². The molecule has 1 unspecified atom stereocenters. The number of nitrogens with zero attached hydrogens (tertiary/aromatic N) is 1. The van der Waals surface area contributed by atoms with Crippen molar-refractivity contribution in [3.8, 4) is 0 Å². The van der Waals surface area contributed by atoms with Crippen molar-refractivity contribution in [1.82, 2.24) is 0 Å². The predicted octanol–water partition coefficient (Wildman–Crippen LogP) is 6.79. The van der Waals surface area contributed by atoms with Gasteiger partial charge in [0.05, 0.1) is 5.02 Å². The Labute approximate surface area is 188 Å². The maximum absolute atomic E-state index is 6.58. The van der Waals surface area contributed by atoms with E-state index < -0.39 is 0 Å². The Balaban J connectivity index is 1.89. The average Bonchev–Trinajstić information content (AvgIpc) is 2.79. The van der Waals surface area contributed by atoms with Crippen LogP contribution < -0.4 is 5.73 Å². The van der Waals surface area contributed by atoms with Crippen molar-refractivity contribution in [2.75, 3.05) is 0 Å². The monoisotopic (exact) mass is 440 g/mol. The van der Waals surface area contributed by atoms with Crippen molar-refractivity contribution in [2.24, 2.45) is 10.9 Å². The minimum atomic E-state index is -0.365. The molecule has 5 heteroatoms. The molecule has 1 atom stereocenters. The molecule has 0 radical (unpaired) electrons. The Morgan fingerprint density at radius 1 is 1.00 bits per heavy atom. The van der Waals surface area contributed by atoms with Gasteiger partial charge >= 0.3 is 0 Å². The molecule has 0 amide bonds. The van der Waals surface area contributed by atoms with Crippen molar-refractivity contribution >= 4 is 34.5 Å². The van der Waals surface area contributed by atoms with Crippen LogP contribution in [0.5, 0.6) is 0 Å². The van der Waals surface area contributed by atoms with Crippen molar-refractivity contribution < 1.29 is 4.84 Å². The topological polar surface area (TPSA) is 47.6 Å². The van der Waals surface area contributed by atoms with Gasteiger partial charge in [0, 0.05) is 28.6 Å². The second kappa shape index (κ2) is 8.97. The predicted molar refractivity (Wildman–Crippen MR) is 126 cm³/mol. The van der Waals surface area contributed by atoms with Crippen molar-refractivity contribution in [3.63, 3.8) is 0 Å². The molecule has 1 fully saturated rings. The minimum Gasteiger partial charge on any atom is -0.389 e. The minimum absolute atomic E-state index is 0.203. The molecule has 0 saturated heterocycles. The summed E-state index contributed by atoms with van der Waals surface area (Å²) in [5.74, 6) is 0. The SMILES string of the molecule is C=C1/C=C(c2ccc(Cl)cc2)\C(c2ccccc2Cl)=N/OC2(CCCCC2)CC1N. The highest BCUT2D eigenvalue weighted by Crippen LogP contribution is 2.39. The van der Waals surface area contributed by atoms with Crippen LogP contribution in [-0.2, 0) is 4.84 Å². The molecule has 1 aliphatic heterocycles. The summed E-state index contributed by atoms with van der Waals surface area (Å²) in [5, 5.41) is 6.02. The normalized spacial score (nSPS) is 25.2. The fourth-order valence-electron chi connectivity index (χ4n) is 4.31. The highest BCUT2D eigenvalue weighted by Gasteiger charge is 2.38. The summed E-state index contributed by atoms with van der Waals surface area (Å²) in [4.78, 5) is 6.35. The molecular formula is C25H26Cl2N2O. The maximum atomic E-state index is 6.58. The van der Waals surface area contributed by atoms with Gasteiger partial charge in [0.2, 0.25) is 0 Å². The largest absolute Gasteiger partial charge is 0.389 e. The van der Waals surface area contributed by atoms with Crippen LogP contribution in [0.15, 0.2) is 71.9 Å². The summed E-state index contributed by atoms with van der Waals surface area (Å²) in [6.45, 7) is 4.29. The van der Waals surface area contributed by atoms with Crippen molar-refractivity contribution in [2.45, 2.75) is 50.2 Å². The summed E-state index contributed by atoms with van der Waals surface area (Å²) in [7, 11) is 0. The lowest BCUT2D eigenvalue weighted by Gasteiger charge is -2.36. The molecule has 2 N–H and O–H groups in total. The van der Waals surface area contributed by atoms with E-state index in [9.17, 15) is 0 Å². The quantitative estimate of drug-likeness (QED) is 0.558.